The Morgan fingerprint density at radius 3 is 2.38 bits per heavy atom. The lowest BCUT2D eigenvalue weighted by Gasteiger charge is -2.03. The molecule has 21 heavy (non-hydrogen) atoms. The topological polar surface area (TPSA) is 113 Å². The first-order chi connectivity index (χ1) is 9.97. The van der Waals surface area contributed by atoms with Crippen molar-refractivity contribution in [1.82, 2.24) is 4.98 Å². The normalized spacial score (nSPS) is 10.3. The zero-order valence-corrected chi connectivity index (χ0v) is 10.9. The average Bonchev–Trinajstić information content (AvgIpc) is 2.46. The maximum absolute atomic E-state index is 11.8. The van der Waals surface area contributed by atoms with E-state index < -0.39 is 10.9 Å². The van der Waals surface area contributed by atoms with E-state index in [1.807, 2.05) is 0 Å². The van der Waals surface area contributed by atoms with Crippen LogP contribution in [0.2, 0.25) is 0 Å². The summed E-state index contributed by atoms with van der Waals surface area (Å²) in [6.07, 6.45) is 0.0468. The van der Waals surface area contributed by atoms with Crippen LogP contribution in [-0.2, 0) is 11.2 Å². The average molecular weight is 288 g/mol. The van der Waals surface area contributed by atoms with Crippen molar-refractivity contribution in [3.8, 4) is 11.3 Å². The lowest BCUT2D eigenvalue weighted by Crippen LogP contribution is -2.14. The fourth-order valence-corrected chi connectivity index (χ4v) is 1.87. The zero-order valence-electron chi connectivity index (χ0n) is 10.9. The molecule has 0 unspecified atom stereocenters. The molecule has 2 rings (SSSR count). The molecule has 0 spiro atoms. The van der Waals surface area contributed by atoms with Crippen LogP contribution in [0.3, 0.4) is 0 Å². The lowest BCUT2D eigenvalue weighted by molar-refractivity contribution is -0.384. The number of benzene rings is 1. The molecule has 0 saturated carbocycles. The van der Waals surface area contributed by atoms with Gasteiger partial charge in [-0.1, -0.05) is 6.07 Å². The summed E-state index contributed by atoms with van der Waals surface area (Å²) < 4.78 is 0. The third kappa shape index (κ3) is 3.53. The first kappa shape index (κ1) is 14.4. The van der Waals surface area contributed by atoms with Crippen LogP contribution in [0.4, 0.5) is 5.69 Å². The maximum atomic E-state index is 11.8. The van der Waals surface area contributed by atoms with Crippen LogP contribution < -0.4 is 5.56 Å². The minimum absolute atomic E-state index is 0.0285. The van der Waals surface area contributed by atoms with E-state index >= 15 is 0 Å². The van der Waals surface area contributed by atoms with Gasteiger partial charge in [-0.2, -0.15) is 0 Å². The number of nitrogens with zero attached hydrogens (tertiary/aromatic N) is 1. The smallest absolute Gasteiger partial charge is 0.303 e. The number of nitro benzene ring substituents is 1. The van der Waals surface area contributed by atoms with Gasteiger partial charge in [0.05, 0.1) is 4.92 Å². The van der Waals surface area contributed by atoms with Crippen molar-refractivity contribution in [3.05, 3.63) is 62.4 Å². The molecular formula is C14H12N2O5. The molecule has 0 aliphatic rings. The van der Waals surface area contributed by atoms with Crippen molar-refractivity contribution in [2.75, 3.05) is 0 Å². The van der Waals surface area contributed by atoms with E-state index in [0.717, 1.165) is 0 Å². The van der Waals surface area contributed by atoms with E-state index in [1.165, 1.54) is 12.1 Å². The standard InChI is InChI=1S/C14H12N2O5/c17-13(18)8-4-10-3-7-12(15-14(10)19)9-1-5-11(6-2-9)16(20)21/h1-3,5-7H,4,8H2,(H,15,19)(H,17,18). The summed E-state index contributed by atoms with van der Waals surface area (Å²) in [4.78, 5) is 35.1. The Balaban J connectivity index is 2.25. The predicted octanol–water partition coefficient (Wildman–Crippen LogP) is 1.97. The predicted molar refractivity (Wildman–Crippen MR) is 75.1 cm³/mol. The number of carbonyl (C=O) groups is 1. The maximum Gasteiger partial charge on any atom is 0.303 e. The molecule has 1 aromatic carbocycles. The summed E-state index contributed by atoms with van der Waals surface area (Å²) >= 11 is 0. The molecule has 1 aromatic heterocycles. The van der Waals surface area contributed by atoms with Crippen molar-refractivity contribution >= 4 is 11.7 Å². The number of hydrogen-bond donors (Lipinski definition) is 2. The van der Waals surface area contributed by atoms with Crippen LogP contribution in [0.5, 0.6) is 0 Å². The molecule has 0 radical (unpaired) electrons. The number of aromatic nitrogens is 1. The Labute approximate surface area is 119 Å². The lowest BCUT2D eigenvalue weighted by atomic mass is 10.1. The number of aryl methyl sites for hydroxylation is 1. The van der Waals surface area contributed by atoms with Gasteiger partial charge in [0.2, 0.25) is 0 Å². The van der Waals surface area contributed by atoms with Gasteiger partial charge in [0.25, 0.3) is 11.2 Å². The fraction of sp³-hybridized carbons (Fsp3) is 0.143. The van der Waals surface area contributed by atoms with Gasteiger partial charge < -0.3 is 10.1 Å². The second kappa shape index (κ2) is 6.00. The van der Waals surface area contributed by atoms with Crippen LogP contribution in [0.15, 0.2) is 41.2 Å². The summed E-state index contributed by atoms with van der Waals surface area (Å²) in [5, 5.41) is 19.2. The molecule has 0 fully saturated rings. The highest BCUT2D eigenvalue weighted by atomic mass is 16.6. The van der Waals surface area contributed by atoms with Crippen LogP contribution in [0.1, 0.15) is 12.0 Å². The van der Waals surface area contributed by atoms with Gasteiger partial charge in [-0.05, 0) is 30.2 Å². The van der Waals surface area contributed by atoms with Crippen LogP contribution in [0, 0.1) is 10.1 Å². The fourth-order valence-electron chi connectivity index (χ4n) is 1.87. The number of aromatic amines is 1. The number of non-ortho nitro benzene ring substituents is 1. The number of carboxylic acids is 1. The highest BCUT2D eigenvalue weighted by molar-refractivity contribution is 5.67. The SMILES string of the molecule is O=C(O)CCc1ccc(-c2ccc([N+](=O)[O-])cc2)[nH]c1=O. The van der Waals surface area contributed by atoms with E-state index in [4.69, 9.17) is 5.11 Å². The van der Waals surface area contributed by atoms with E-state index in [1.54, 1.807) is 24.3 Å². The number of rotatable bonds is 5. The Bertz CT molecular complexity index is 734. The van der Waals surface area contributed by atoms with Gasteiger partial charge in [-0.3, -0.25) is 19.7 Å². The van der Waals surface area contributed by atoms with Crippen LogP contribution in [0.25, 0.3) is 11.3 Å². The Morgan fingerprint density at radius 2 is 1.86 bits per heavy atom. The van der Waals surface area contributed by atoms with Crippen LogP contribution >= 0.6 is 0 Å². The Hall–Kier alpha value is -2.96. The van der Waals surface area contributed by atoms with Gasteiger partial charge in [-0.15, -0.1) is 0 Å². The highest BCUT2D eigenvalue weighted by Gasteiger charge is 2.08. The minimum atomic E-state index is -0.964. The van der Waals surface area contributed by atoms with E-state index in [2.05, 4.69) is 4.98 Å². The van der Waals surface area contributed by atoms with Crippen molar-refractivity contribution in [2.24, 2.45) is 0 Å². The Kier molecular flexibility index (Phi) is 4.13. The molecule has 2 aromatic rings. The number of nitrogens with one attached hydrogen (secondary N) is 1. The molecular weight excluding hydrogens is 276 g/mol. The molecule has 7 nitrogen and oxygen atoms in total. The molecule has 7 heteroatoms. The first-order valence-corrected chi connectivity index (χ1v) is 6.16. The van der Waals surface area contributed by atoms with E-state index in [-0.39, 0.29) is 24.1 Å². The van der Waals surface area contributed by atoms with E-state index in [9.17, 15) is 19.7 Å². The highest BCUT2D eigenvalue weighted by Crippen LogP contribution is 2.20. The molecule has 0 aliphatic carbocycles. The molecule has 0 bridgehead atoms. The number of nitro groups is 1. The largest absolute Gasteiger partial charge is 0.481 e. The Morgan fingerprint density at radius 1 is 1.19 bits per heavy atom. The van der Waals surface area contributed by atoms with Crippen molar-refractivity contribution < 1.29 is 14.8 Å². The second-order valence-corrected chi connectivity index (χ2v) is 4.42. The summed E-state index contributed by atoms with van der Waals surface area (Å²) in [7, 11) is 0. The third-order valence-corrected chi connectivity index (χ3v) is 2.99. The monoisotopic (exact) mass is 288 g/mol. The van der Waals surface area contributed by atoms with Gasteiger partial charge >= 0.3 is 5.97 Å². The molecule has 0 aliphatic heterocycles. The molecule has 0 saturated heterocycles. The molecule has 0 amide bonds. The number of hydrogen-bond acceptors (Lipinski definition) is 4. The quantitative estimate of drug-likeness (QED) is 0.645. The minimum Gasteiger partial charge on any atom is -0.481 e. The molecule has 0 atom stereocenters. The number of aliphatic carboxylic acids is 1. The number of carboxylic acid groups (broad SMARTS) is 1. The summed E-state index contributed by atoms with van der Waals surface area (Å²) in [6.45, 7) is 0. The zero-order chi connectivity index (χ0) is 15.4. The van der Waals surface area contributed by atoms with E-state index in [0.29, 0.717) is 16.8 Å². The molecule has 1 heterocycles. The molecule has 108 valence electrons. The molecule has 2 N–H and O–H groups in total. The van der Waals surface area contributed by atoms with Gasteiger partial charge in [0, 0.05) is 29.8 Å². The van der Waals surface area contributed by atoms with Gasteiger partial charge in [0.1, 0.15) is 0 Å². The first-order valence-electron chi connectivity index (χ1n) is 6.16. The van der Waals surface area contributed by atoms with Crippen molar-refractivity contribution in [2.45, 2.75) is 12.8 Å². The van der Waals surface area contributed by atoms with Gasteiger partial charge in [0.15, 0.2) is 0 Å². The summed E-state index contributed by atoms with van der Waals surface area (Å²) in [5.41, 5.74) is 1.17. The van der Waals surface area contributed by atoms with Crippen molar-refractivity contribution in [1.29, 1.82) is 0 Å². The van der Waals surface area contributed by atoms with Crippen molar-refractivity contribution in [3.63, 3.8) is 0 Å². The van der Waals surface area contributed by atoms with Gasteiger partial charge in [-0.25, -0.2) is 0 Å². The second-order valence-electron chi connectivity index (χ2n) is 4.42. The number of H-pyrrole nitrogens is 1. The summed E-state index contributed by atoms with van der Waals surface area (Å²) in [5.74, 6) is -0.964. The third-order valence-electron chi connectivity index (χ3n) is 2.99. The number of pyridine rings is 1. The summed E-state index contributed by atoms with van der Waals surface area (Å²) in [6, 6.07) is 9.01. The van der Waals surface area contributed by atoms with Crippen LogP contribution in [-0.4, -0.2) is 21.0 Å².